The largest absolute Gasteiger partial charge is 0.493 e. The minimum Gasteiger partial charge on any atom is -0.493 e. The molecule has 1 fully saturated rings. The Morgan fingerprint density at radius 3 is 2.72 bits per heavy atom. The lowest BCUT2D eigenvalue weighted by Gasteiger charge is -2.22. The van der Waals surface area contributed by atoms with Crippen LogP contribution in [-0.4, -0.2) is 25.6 Å². The van der Waals surface area contributed by atoms with E-state index in [2.05, 4.69) is 24.5 Å². The van der Waals surface area contributed by atoms with Crippen LogP contribution in [0, 0.1) is 11.8 Å². The van der Waals surface area contributed by atoms with Crippen LogP contribution in [0.3, 0.4) is 0 Å². The molecule has 4 nitrogen and oxygen atoms in total. The normalized spacial score (nSPS) is 14.8. The molecule has 0 saturated carbocycles. The number of ether oxygens (including phenoxy) is 1. The summed E-state index contributed by atoms with van der Waals surface area (Å²) in [7, 11) is 0. The lowest BCUT2D eigenvalue weighted by atomic mass is 9.93. The highest BCUT2D eigenvalue weighted by Gasteiger charge is 2.14. The third-order valence-corrected chi connectivity index (χ3v) is 4.64. The molecule has 2 rings (SSSR count). The molecule has 1 aromatic carbocycles. The molecular formula is C20H33ClN2O2. The van der Waals surface area contributed by atoms with Gasteiger partial charge in [-0.3, -0.25) is 4.79 Å². The molecular weight excluding hydrogens is 336 g/mol. The zero-order chi connectivity index (χ0) is 17.2. The lowest BCUT2D eigenvalue weighted by molar-refractivity contribution is -0.121. The van der Waals surface area contributed by atoms with E-state index in [-0.39, 0.29) is 18.3 Å². The van der Waals surface area contributed by atoms with Gasteiger partial charge in [0.15, 0.2) is 0 Å². The van der Waals surface area contributed by atoms with Crippen molar-refractivity contribution in [1.29, 1.82) is 0 Å². The number of piperidine rings is 1. The summed E-state index contributed by atoms with van der Waals surface area (Å²) in [5, 5.41) is 6.41. The van der Waals surface area contributed by atoms with Gasteiger partial charge in [0.1, 0.15) is 5.75 Å². The van der Waals surface area contributed by atoms with Gasteiger partial charge in [0.25, 0.3) is 0 Å². The highest BCUT2D eigenvalue weighted by atomic mass is 35.5. The third-order valence-electron chi connectivity index (χ3n) is 4.64. The van der Waals surface area contributed by atoms with Crippen LogP contribution >= 0.6 is 12.4 Å². The molecule has 0 spiro atoms. The molecule has 1 heterocycles. The van der Waals surface area contributed by atoms with Crippen LogP contribution in [0.15, 0.2) is 24.3 Å². The van der Waals surface area contributed by atoms with Gasteiger partial charge in [-0.05, 0) is 56.7 Å². The van der Waals surface area contributed by atoms with Crippen molar-refractivity contribution in [1.82, 2.24) is 10.6 Å². The number of benzene rings is 1. The summed E-state index contributed by atoms with van der Waals surface area (Å²) >= 11 is 0. The van der Waals surface area contributed by atoms with Crippen LogP contribution in [0.25, 0.3) is 0 Å². The van der Waals surface area contributed by atoms with Crippen molar-refractivity contribution in [3.05, 3.63) is 29.8 Å². The van der Waals surface area contributed by atoms with Crippen LogP contribution in [0.4, 0.5) is 0 Å². The molecule has 0 aromatic heterocycles. The topological polar surface area (TPSA) is 50.4 Å². The smallest absolute Gasteiger partial charge is 0.220 e. The van der Waals surface area contributed by atoms with Crippen LogP contribution in [0.5, 0.6) is 5.75 Å². The highest BCUT2D eigenvalue weighted by Crippen LogP contribution is 2.20. The molecule has 0 bridgehead atoms. The number of carbonyl (C=O) groups excluding carboxylic acids is 1. The van der Waals surface area contributed by atoms with E-state index in [0.29, 0.717) is 24.8 Å². The van der Waals surface area contributed by atoms with Gasteiger partial charge >= 0.3 is 0 Å². The Balaban J connectivity index is 0.00000312. The van der Waals surface area contributed by atoms with Crippen LogP contribution in [0.2, 0.25) is 0 Å². The highest BCUT2D eigenvalue weighted by molar-refractivity contribution is 5.85. The molecule has 5 heteroatoms. The molecule has 1 aromatic rings. The van der Waals surface area contributed by atoms with Gasteiger partial charge in [-0.25, -0.2) is 0 Å². The third kappa shape index (κ3) is 8.59. The molecule has 1 amide bonds. The Labute approximate surface area is 158 Å². The molecule has 1 saturated heterocycles. The molecule has 1 aliphatic heterocycles. The maximum absolute atomic E-state index is 12.1. The predicted octanol–water partition coefficient (Wildman–Crippen LogP) is 3.93. The first-order chi connectivity index (χ1) is 11.6. The average Bonchev–Trinajstić information content (AvgIpc) is 2.59. The lowest BCUT2D eigenvalue weighted by Crippen LogP contribution is -2.29. The molecule has 25 heavy (non-hydrogen) atoms. The fourth-order valence-corrected chi connectivity index (χ4v) is 2.98. The van der Waals surface area contributed by atoms with E-state index in [0.717, 1.165) is 43.9 Å². The van der Waals surface area contributed by atoms with E-state index < -0.39 is 0 Å². The van der Waals surface area contributed by atoms with E-state index in [4.69, 9.17) is 4.74 Å². The van der Waals surface area contributed by atoms with Crippen molar-refractivity contribution < 1.29 is 9.53 Å². The standard InChI is InChI=1S/C20H32N2O2.ClH/c1-16(2)11-14-24-19-6-4-3-5-18(19)15-22-20(23)8-7-17-9-12-21-13-10-17;/h3-6,16-17,21H,7-15H2,1-2H3,(H,22,23);1H. The van der Waals surface area contributed by atoms with E-state index in [9.17, 15) is 4.79 Å². The first kappa shape index (κ1) is 21.8. The van der Waals surface area contributed by atoms with Crippen molar-refractivity contribution in [3.8, 4) is 5.75 Å². The van der Waals surface area contributed by atoms with E-state index in [1.807, 2.05) is 24.3 Å². The first-order valence-corrected chi connectivity index (χ1v) is 9.33. The van der Waals surface area contributed by atoms with Gasteiger partial charge in [0.05, 0.1) is 6.61 Å². The minimum absolute atomic E-state index is 0. The zero-order valence-corrected chi connectivity index (χ0v) is 16.4. The van der Waals surface area contributed by atoms with Crippen molar-refractivity contribution in [2.24, 2.45) is 11.8 Å². The summed E-state index contributed by atoms with van der Waals surface area (Å²) in [5.41, 5.74) is 1.05. The number of rotatable bonds is 9. The minimum atomic E-state index is 0. The molecule has 0 radical (unpaired) electrons. The van der Waals surface area contributed by atoms with Gasteiger partial charge in [0, 0.05) is 18.5 Å². The number of carbonyl (C=O) groups is 1. The average molecular weight is 369 g/mol. The number of amides is 1. The number of para-hydroxylation sites is 1. The summed E-state index contributed by atoms with van der Waals surface area (Å²) < 4.78 is 5.88. The molecule has 1 aliphatic rings. The van der Waals surface area contributed by atoms with Crippen molar-refractivity contribution in [2.75, 3.05) is 19.7 Å². The Kier molecular flexibility index (Phi) is 10.6. The summed E-state index contributed by atoms with van der Waals surface area (Å²) in [5.74, 6) is 2.36. The summed E-state index contributed by atoms with van der Waals surface area (Å²) in [6.45, 7) is 7.83. The van der Waals surface area contributed by atoms with Crippen molar-refractivity contribution in [3.63, 3.8) is 0 Å². The van der Waals surface area contributed by atoms with Gasteiger partial charge in [0.2, 0.25) is 5.91 Å². The Morgan fingerprint density at radius 1 is 1.28 bits per heavy atom. The maximum atomic E-state index is 12.1. The fraction of sp³-hybridized carbons (Fsp3) is 0.650. The SMILES string of the molecule is CC(C)CCOc1ccccc1CNC(=O)CCC1CCNCC1.Cl. The van der Waals surface area contributed by atoms with Gasteiger partial charge in [-0.1, -0.05) is 32.0 Å². The number of halogens is 1. The molecule has 2 N–H and O–H groups in total. The Bertz CT molecular complexity index is 502. The second-order valence-corrected chi connectivity index (χ2v) is 7.15. The quantitative estimate of drug-likeness (QED) is 0.694. The Hall–Kier alpha value is -1.26. The van der Waals surface area contributed by atoms with Crippen LogP contribution in [-0.2, 0) is 11.3 Å². The van der Waals surface area contributed by atoms with Gasteiger partial charge < -0.3 is 15.4 Å². The monoisotopic (exact) mass is 368 g/mol. The number of nitrogens with one attached hydrogen (secondary N) is 2. The summed E-state index contributed by atoms with van der Waals surface area (Å²) in [6, 6.07) is 7.98. The van der Waals surface area contributed by atoms with Crippen LogP contribution < -0.4 is 15.4 Å². The molecule has 0 unspecified atom stereocenters. The predicted molar refractivity (Wildman–Crippen MR) is 105 cm³/mol. The van der Waals surface area contributed by atoms with E-state index >= 15 is 0 Å². The van der Waals surface area contributed by atoms with Gasteiger partial charge in [-0.2, -0.15) is 0 Å². The van der Waals surface area contributed by atoms with Crippen LogP contribution in [0.1, 0.15) is 51.5 Å². The molecule has 0 aliphatic carbocycles. The van der Waals surface area contributed by atoms with Gasteiger partial charge in [-0.15, -0.1) is 12.4 Å². The van der Waals surface area contributed by atoms with Crippen molar-refractivity contribution >= 4 is 18.3 Å². The van der Waals surface area contributed by atoms with E-state index in [1.165, 1.54) is 12.8 Å². The second kappa shape index (κ2) is 12.2. The zero-order valence-electron chi connectivity index (χ0n) is 15.6. The molecule has 142 valence electrons. The number of hydrogen-bond donors (Lipinski definition) is 2. The maximum Gasteiger partial charge on any atom is 0.220 e. The fourth-order valence-electron chi connectivity index (χ4n) is 2.98. The summed E-state index contributed by atoms with van der Waals surface area (Å²) in [4.78, 5) is 12.1. The summed E-state index contributed by atoms with van der Waals surface area (Å²) in [6.07, 6.45) is 5.05. The first-order valence-electron chi connectivity index (χ1n) is 9.33. The van der Waals surface area contributed by atoms with Crippen molar-refractivity contribution in [2.45, 2.75) is 52.5 Å². The molecule has 0 atom stereocenters. The Morgan fingerprint density at radius 2 is 2.00 bits per heavy atom. The van der Waals surface area contributed by atoms with E-state index in [1.54, 1.807) is 0 Å². The number of hydrogen-bond acceptors (Lipinski definition) is 3. The second-order valence-electron chi connectivity index (χ2n) is 7.15.